The van der Waals surface area contributed by atoms with E-state index in [1.165, 1.54) is 16.3 Å². The third-order valence-corrected chi connectivity index (χ3v) is 5.92. The van der Waals surface area contributed by atoms with Crippen molar-refractivity contribution < 1.29 is 14.0 Å². The molecule has 8 nitrogen and oxygen atoms in total. The van der Waals surface area contributed by atoms with Crippen LogP contribution in [0.1, 0.15) is 10.4 Å². The second kappa shape index (κ2) is 8.41. The Morgan fingerprint density at radius 3 is 2.66 bits per heavy atom. The van der Waals surface area contributed by atoms with Crippen LogP contribution in [0.15, 0.2) is 68.1 Å². The summed E-state index contributed by atoms with van der Waals surface area (Å²) in [6.07, 6.45) is 0. The Kier molecular flexibility index (Phi) is 5.54. The third kappa shape index (κ3) is 4.44. The number of rotatable bonds is 7. The van der Waals surface area contributed by atoms with Crippen molar-refractivity contribution in [2.75, 3.05) is 11.1 Å². The lowest BCUT2D eigenvalue weighted by molar-refractivity contribution is -0.116. The average molecular weight is 426 g/mol. The fourth-order valence-corrected chi connectivity index (χ4v) is 4.28. The average Bonchev–Trinajstić information content (AvgIpc) is 3.31. The highest BCUT2D eigenvalue weighted by molar-refractivity contribution is 8.01. The Labute approximate surface area is 172 Å². The van der Waals surface area contributed by atoms with Crippen LogP contribution in [0.25, 0.3) is 11.1 Å². The molecule has 10 heteroatoms. The first-order valence-electron chi connectivity index (χ1n) is 8.53. The number of hydrogen-bond donors (Lipinski definition) is 1. The number of nitrogens with zero attached hydrogens (tertiary/aromatic N) is 3. The molecule has 146 valence electrons. The number of oxazole rings is 1. The molecule has 0 atom stereocenters. The molecule has 0 saturated heterocycles. The SMILES string of the molecule is O=C(Cn1c(=O)oc2ccccc21)Nc1nnc(SCC(=O)c2ccccc2)s1. The summed E-state index contributed by atoms with van der Waals surface area (Å²) < 4.78 is 6.93. The Balaban J connectivity index is 1.36. The zero-order valence-corrected chi connectivity index (χ0v) is 16.5. The minimum atomic E-state index is -0.603. The van der Waals surface area contributed by atoms with Gasteiger partial charge >= 0.3 is 5.76 Å². The van der Waals surface area contributed by atoms with Crippen molar-refractivity contribution in [2.24, 2.45) is 0 Å². The van der Waals surface area contributed by atoms with Crippen molar-refractivity contribution in [1.29, 1.82) is 0 Å². The summed E-state index contributed by atoms with van der Waals surface area (Å²) >= 11 is 2.42. The van der Waals surface area contributed by atoms with Gasteiger partial charge in [0.25, 0.3) is 0 Å². The smallest absolute Gasteiger partial charge is 0.408 e. The number of hydrogen-bond acceptors (Lipinski definition) is 8. The molecule has 0 aliphatic heterocycles. The summed E-state index contributed by atoms with van der Waals surface area (Å²) in [5.41, 5.74) is 1.60. The minimum Gasteiger partial charge on any atom is -0.408 e. The molecule has 0 unspecified atom stereocenters. The van der Waals surface area contributed by atoms with Crippen molar-refractivity contribution in [3.63, 3.8) is 0 Å². The van der Waals surface area contributed by atoms with Crippen LogP contribution in [0.5, 0.6) is 0 Å². The highest BCUT2D eigenvalue weighted by Gasteiger charge is 2.15. The van der Waals surface area contributed by atoms with Gasteiger partial charge in [0, 0.05) is 5.56 Å². The maximum atomic E-state index is 12.3. The standard InChI is InChI=1S/C19H14N4O4S2/c24-14(12-6-2-1-3-7-12)11-28-18-22-21-17(29-18)20-16(25)10-23-13-8-4-5-9-15(13)27-19(23)26/h1-9H,10-11H2,(H,20,21,25). The molecule has 0 radical (unpaired) electrons. The summed E-state index contributed by atoms with van der Waals surface area (Å²) in [4.78, 5) is 36.4. The van der Waals surface area contributed by atoms with E-state index in [0.29, 0.717) is 26.1 Å². The van der Waals surface area contributed by atoms with Crippen molar-refractivity contribution in [1.82, 2.24) is 14.8 Å². The molecule has 0 saturated carbocycles. The van der Waals surface area contributed by atoms with Crippen molar-refractivity contribution >= 4 is 51.0 Å². The van der Waals surface area contributed by atoms with E-state index in [1.807, 2.05) is 18.2 Å². The van der Waals surface area contributed by atoms with Crippen molar-refractivity contribution in [3.8, 4) is 0 Å². The van der Waals surface area contributed by atoms with Crippen molar-refractivity contribution in [3.05, 3.63) is 70.7 Å². The summed E-state index contributed by atoms with van der Waals surface area (Å²) in [7, 11) is 0. The number of carbonyl (C=O) groups excluding carboxylic acids is 2. The van der Waals surface area contributed by atoms with Crippen LogP contribution < -0.4 is 11.1 Å². The zero-order chi connectivity index (χ0) is 20.2. The highest BCUT2D eigenvalue weighted by atomic mass is 32.2. The molecule has 0 bridgehead atoms. The molecular weight excluding hydrogens is 412 g/mol. The molecule has 0 aliphatic rings. The number of aromatic nitrogens is 3. The van der Waals surface area contributed by atoms with E-state index >= 15 is 0 Å². The second-order valence-corrected chi connectivity index (χ2v) is 8.12. The van der Waals surface area contributed by atoms with Crippen LogP contribution in [-0.2, 0) is 11.3 Å². The van der Waals surface area contributed by atoms with Gasteiger partial charge in [0.05, 0.1) is 11.3 Å². The van der Waals surface area contributed by atoms with Gasteiger partial charge in [-0.15, -0.1) is 10.2 Å². The molecule has 4 rings (SSSR count). The molecule has 4 aromatic rings. The lowest BCUT2D eigenvalue weighted by atomic mass is 10.2. The van der Waals surface area contributed by atoms with Gasteiger partial charge in [-0.2, -0.15) is 0 Å². The topological polar surface area (TPSA) is 107 Å². The van der Waals surface area contributed by atoms with E-state index in [9.17, 15) is 14.4 Å². The molecule has 0 fully saturated rings. The minimum absolute atomic E-state index is 0.0115. The summed E-state index contributed by atoms with van der Waals surface area (Å²) in [5, 5.41) is 10.8. The number of carbonyl (C=O) groups is 2. The summed E-state index contributed by atoms with van der Waals surface area (Å²) in [5.74, 6) is -0.813. The van der Waals surface area contributed by atoms with Gasteiger partial charge in [-0.25, -0.2) is 4.79 Å². The van der Waals surface area contributed by atoms with Crippen LogP contribution in [-0.4, -0.2) is 32.2 Å². The number of anilines is 1. The normalized spacial score (nSPS) is 10.9. The van der Waals surface area contributed by atoms with Crippen molar-refractivity contribution in [2.45, 2.75) is 10.9 Å². The van der Waals surface area contributed by atoms with E-state index in [1.54, 1.807) is 36.4 Å². The van der Waals surface area contributed by atoms with Gasteiger partial charge in [-0.05, 0) is 12.1 Å². The molecule has 2 aromatic carbocycles. The van der Waals surface area contributed by atoms with E-state index < -0.39 is 11.7 Å². The largest absolute Gasteiger partial charge is 0.420 e. The molecule has 29 heavy (non-hydrogen) atoms. The first-order chi connectivity index (χ1) is 14.1. The number of benzene rings is 2. The predicted molar refractivity (Wildman–Crippen MR) is 111 cm³/mol. The van der Waals surface area contributed by atoms with Crippen LogP contribution >= 0.6 is 23.1 Å². The number of amides is 1. The van der Waals surface area contributed by atoms with Gasteiger partial charge in [0.15, 0.2) is 15.7 Å². The Bertz CT molecular complexity index is 1230. The van der Waals surface area contributed by atoms with E-state index in [0.717, 1.165) is 11.3 Å². The first-order valence-corrected chi connectivity index (χ1v) is 10.3. The van der Waals surface area contributed by atoms with E-state index in [-0.39, 0.29) is 18.1 Å². The Morgan fingerprint density at radius 1 is 1.07 bits per heavy atom. The number of ketones is 1. The molecule has 1 amide bonds. The number of Topliss-reactive ketones (excluding diaryl/α,β-unsaturated/α-hetero) is 1. The van der Waals surface area contributed by atoms with E-state index in [4.69, 9.17) is 4.42 Å². The lowest BCUT2D eigenvalue weighted by Gasteiger charge is -2.02. The maximum absolute atomic E-state index is 12.3. The maximum Gasteiger partial charge on any atom is 0.420 e. The number of fused-ring (bicyclic) bond motifs is 1. The Hall–Kier alpha value is -3.24. The van der Waals surface area contributed by atoms with E-state index in [2.05, 4.69) is 15.5 Å². The first kappa shape index (κ1) is 19.1. The third-order valence-electron chi connectivity index (χ3n) is 3.95. The quantitative estimate of drug-likeness (QED) is 0.275. The zero-order valence-electron chi connectivity index (χ0n) is 14.9. The molecule has 2 heterocycles. The van der Waals surface area contributed by atoms with Crippen LogP contribution in [0.4, 0.5) is 5.13 Å². The number of thioether (sulfide) groups is 1. The predicted octanol–water partition coefficient (Wildman–Crippen LogP) is 3.06. The fourth-order valence-electron chi connectivity index (χ4n) is 2.62. The molecule has 1 N–H and O–H groups in total. The van der Waals surface area contributed by atoms with Crippen LogP contribution in [0.2, 0.25) is 0 Å². The summed E-state index contributed by atoms with van der Waals surface area (Å²) in [6, 6.07) is 15.9. The van der Waals surface area contributed by atoms with Gasteiger partial charge in [0.2, 0.25) is 11.0 Å². The molecule has 0 aliphatic carbocycles. The summed E-state index contributed by atoms with van der Waals surface area (Å²) in [6.45, 7) is -0.204. The molecular formula is C19H14N4O4S2. The van der Waals surface area contributed by atoms with Crippen LogP contribution in [0.3, 0.4) is 0 Å². The number of para-hydroxylation sites is 2. The van der Waals surface area contributed by atoms with Gasteiger partial charge in [-0.1, -0.05) is 65.6 Å². The monoisotopic (exact) mass is 426 g/mol. The molecule has 0 spiro atoms. The van der Waals surface area contributed by atoms with Gasteiger partial charge in [-0.3, -0.25) is 19.5 Å². The van der Waals surface area contributed by atoms with Gasteiger partial charge in [0.1, 0.15) is 6.54 Å². The van der Waals surface area contributed by atoms with Gasteiger partial charge < -0.3 is 4.42 Å². The highest BCUT2D eigenvalue weighted by Crippen LogP contribution is 2.26. The molecule has 2 aromatic heterocycles. The fraction of sp³-hybridized carbons (Fsp3) is 0.105. The number of nitrogens with one attached hydrogen (secondary N) is 1. The lowest BCUT2D eigenvalue weighted by Crippen LogP contribution is -2.24. The van der Waals surface area contributed by atoms with Crippen LogP contribution in [0, 0.1) is 0 Å². The Morgan fingerprint density at radius 2 is 1.83 bits per heavy atom. The second-order valence-electron chi connectivity index (χ2n) is 5.92.